The summed E-state index contributed by atoms with van der Waals surface area (Å²) < 4.78 is 3.29. The molecule has 8 nitrogen and oxygen atoms in total. The Morgan fingerprint density at radius 3 is 2.34 bits per heavy atom. The average molecular weight is 471 g/mol. The summed E-state index contributed by atoms with van der Waals surface area (Å²) in [6.45, 7) is 8.12. The van der Waals surface area contributed by atoms with Gasteiger partial charge >= 0.3 is 5.56 Å². The standard InChI is InChI=1S/C27H30N6O2/c1-20-16-21(2)18-23(17-20)32-14-15-33-24(28-29-26(33)27(32)35)8-9-25(34)31-12-10-30(11-13-31)19-22-6-4-3-5-7-22/h3-7,14-18H,8-13,19H2,1-2H3. The van der Waals surface area contributed by atoms with E-state index in [9.17, 15) is 9.59 Å². The summed E-state index contributed by atoms with van der Waals surface area (Å²) in [5.74, 6) is 0.741. The molecule has 0 aliphatic carbocycles. The van der Waals surface area contributed by atoms with Crippen molar-refractivity contribution in [2.75, 3.05) is 26.2 Å². The van der Waals surface area contributed by atoms with Gasteiger partial charge in [0.25, 0.3) is 0 Å². The smallest absolute Gasteiger partial charge is 0.300 e. The SMILES string of the molecule is Cc1cc(C)cc(-n2ccn3c(CCC(=O)N4CCN(Cc5ccccc5)CC4)nnc3c2=O)c1. The number of nitrogens with zero attached hydrogens (tertiary/aromatic N) is 6. The number of fused-ring (bicyclic) bond motifs is 1. The molecule has 0 atom stereocenters. The number of benzene rings is 2. The van der Waals surface area contributed by atoms with Crippen LogP contribution in [0.25, 0.3) is 11.3 Å². The van der Waals surface area contributed by atoms with Gasteiger partial charge in [-0.1, -0.05) is 36.4 Å². The molecule has 1 saturated heterocycles. The van der Waals surface area contributed by atoms with Gasteiger partial charge in [-0.2, -0.15) is 0 Å². The Bertz CT molecular complexity index is 1380. The first-order chi connectivity index (χ1) is 17.0. The minimum atomic E-state index is -0.225. The Balaban J connectivity index is 1.21. The predicted molar refractivity (Wildman–Crippen MR) is 135 cm³/mol. The lowest BCUT2D eigenvalue weighted by molar-refractivity contribution is -0.133. The fourth-order valence-electron chi connectivity index (χ4n) is 4.77. The van der Waals surface area contributed by atoms with E-state index in [1.807, 2.05) is 36.9 Å². The largest absolute Gasteiger partial charge is 0.340 e. The second kappa shape index (κ2) is 9.84. The van der Waals surface area contributed by atoms with Gasteiger partial charge in [-0.05, 0) is 42.7 Å². The van der Waals surface area contributed by atoms with E-state index in [-0.39, 0.29) is 17.1 Å². The van der Waals surface area contributed by atoms with Crippen LogP contribution in [0.2, 0.25) is 0 Å². The first kappa shape index (κ1) is 23.0. The van der Waals surface area contributed by atoms with Gasteiger partial charge in [0.2, 0.25) is 11.6 Å². The van der Waals surface area contributed by atoms with Crippen LogP contribution in [0.5, 0.6) is 0 Å². The molecule has 5 rings (SSSR count). The van der Waals surface area contributed by atoms with Crippen LogP contribution in [-0.2, 0) is 17.8 Å². The van der Waals surface area contributed by atoms with E-state index in [4.69, 9.17) is 0 Å². The lowest BCUT2D eigenvalue weighted by Crippen LogP contribution is -2.48. The highest BCUT2D eigenvalue weighted by atomic mass is 16.2. The summed E-state index contributed by atoms with van der Waals surface area (Å²) >= 11 is 0. The van der Waals surface area contributed by atoms with Gasteiger partial charge in [-0.15, -0.1) is 10.2 Å². The van der Waals surface area contributed by atoms with Gasteiger partial charge in [0, 0.05) is 63.6 Å². The summed E-state index contributed by atoms with van der Waals surface area (Å²) in [4.78, 5) is 30.2. The lowest BCUT2D eigenvalue weighted by atomic mass is 10.1. The van der Waals surface area contributed by atoms with Crippen LogP contribution in [0.1, 0.15) is 28.9 Å². The molecule has 0 saturated carbocycles. The lowest BCUT2D eigenvalue weighted by Gasteiger charge is -2.34. The third-order valence-electron chi connectivity index (χ3n) is 6.56. The molecule has 0 bridgehead atoms. The number of amides is 1. The number of rotatable bonds is 6. The number of piperazine rings is 1. The van der Waals surface area contributed by atoms with Crippen LogP contribution < -0.4 is 5.56 Å². The highest BCUT2D eigenvalue weighted by molar-refractivity contribution is 5.76. The third-order valence-corrected chi connectivity index (χ3v) is 6.56. The normalized spacial score (nSPS) is 14.5. The van der Waals surface area contributed by atoms with Crippen LogP contribution >= 0.6 is 0 Å². The molecule has 8 heteroatoms. The molecule has 3 heterocycles. The summed E-state index contributed by atoms with van der Waals surface area (Å²) in [5.41, 5.74) is 4.33. The number of carbonyl (C=O) groups is 1. The molecule has 1 fully saturated rings. The maximum Gasteiger partial charge on any atom is 0.300 e. The predicted octanol–water partition coefficient (Wildman–Crippen LogP) is 2.77. The summed E-state index contributed by atoms with van der Waals surface area (Å²) in [7, 11) is 0. The maximum absolute atomic E-state index is 13.1. The zero-order valence-corrected chi connectivity index (χ0v) is 20.2. The first-order valence-electron chi connectivity index (χ1n) is 12.1. The van der Waals surface area contributed by atoms with E-state index in [2.05, 4.69) is 45.4 Å². The summed E-state index contributed by atoms with van der Waals surface area (Å²) in [5, 5.41) is 8.36. The molecule has 180 valence electrons. The van der Waals surface area contributed by atoms with E-state index >= 15 is 0 Å². The molecule has 0 spiro atoms. The molecule has 0 N–H and O–H groups in total. The minimum absolute atomic E-state index is 0.115. The third kappa shape index (κ3) is 5.02. The molecule has 1 aliphatic rings. The average Bonchev–Trinajstić information content (AvgIpc) is 3.27. The molecule has 1 amide bonds. The molecule has 1 aliphatic heterocycles. The zero-order chi connectivity index (χ0) is 24.4. The minimum Gasteiger partial charge on any atom is -0.340 e. The van der Waals surface area contributed by atoms with Gasteiger partial charge in [0.15, 0.2) is 0 Å². The molecular weight excluding hydrogens is 440 g/mol. The van der Waals surface area contributed by atoms with Crippen LogP contribution in [-0.4, -0.2) is 61.1 Å². The molecule has 4 aromatic rings. The number of aryl methyl sites for hydroxylation is 3. The van der Waals surface area contributed by atoms with Crippen molar-refractivity contribution in [2.24, 2.45) is 0 Å². The van der Waals surface area contributed by atoms with Crippen LogP contribution in [0.15, 0.2) is 65.7 Å². The maximum atomic E-state index is 13.1. The van der Waals surface area contributed by atoms with Crippen molar-refractivity contribution in [3.8, 4) is 5.69 Å². The van der Waals surface area contributed by atoms with Crippen molar-refractivity contribution in [1.82, 2.24) is 29.0 Å². The molecule has 2 aromatic heterocycles. The van der Waals surface area contributed by atoms with Gasteiger partial charge < -0.3 is 4.90 Å². The number of carbonyl (C=O) groups excluding carboxylic acids is 1. The quantitative estimate of drug-likeness (QED) is 0.433. The Kier molecular flexibility index (Phi) is 6.46. The fourth-order valence-corrected chi connectivity index (χ4v) is 4.77. The highest BCUT2D eigenvalue weighted by Gasteiger charge is 2.22. The molecule has 0 radical (unpaired) electrons. The van der Waals surface area contributed by atoms with E-state index in [0.717, 1.165) is 49.5 Å². The van der Waals surface area contributed by atoms with Crippen molar-refractivity contribution in [3.05, 3.63) is 93.8 Å². The topological polar surface area (TPSA) is 75.7 Å². The molecule has 2 aromatic carbocycles. The van der Waals surface area contributed by atoms with Gasteiger partial charge in [0.1, 0.15) is 5.82 Å². The van der Waals surface area contributed by atoms with Gasteiger partial charge in [0.05, 0.1) is 0 Å². The van der Waals surface area contributed by atoms with Crippen LogP contribution in [0, 0.1) is 13.8 Å². The van der Waals surface area contributed by atoms with Crippen molar-refractivity contribution in [1.29, 1.82) is 0 Å². The molecular formula is C27H30N6O2. The number of hydrogen-bond acceptors (Lipinski definition) is 5. The molecule has 35 heavy (non-hydrogen) atoms. The van der Waals surface area contributed by atoms with Crippen LogP contribution in [0.3, 0.4) is 0 Å². The summed E-state index contributed by atoms with van der Waals surface area (Å²) in [6, 6.07) is 16.4. The van der Waals surface area contributed by atoms with E-state index in [0.29, 0.717) is 18.7 Å². The second-order valence-corrected chi connectivity index (χ2v) is 9.27. The Morgan fingerprint density at radius 1 is 0.914 bits per heavy atom. The monoisotopic (exact) mass is 470 g/mol. The first-order valence-corrected chi connectivity index (χ1v) is 12.1. The van der Waals surface area contributed by atoms with Crippen molar-refractivity contribution >= 4 is 11.6 Å². The van der Waals surface area contributed by atoms with Crippen molar-refractivity contribution in [2.45, 2.75) is 33.2 Å². The van der Waals surface area contributed by atoms with E-state index in [1.54, 1.807) is 21.4 Å². The Labute approximate surface area is 204 Å². The molecule has 0 unspecified atom stereocenters. The van der Waals surface area contributed by atoms with Gasteiger partial charge in [-0.3, -0.25) is 23.5 Å². The highest BCUT2D eigenvalue weighted by Crippen LogP contribution is 2.14. The number of aromatic nitrogens is 4. The fraction of sp³-hybridized carbons (Fsp3) is 0.333. The van der Waals surface area contributed by atoms with Crippen LogP contribution in [0.4, 0.5) is 0 Å². The second-order valence-electron chi connectivity index (χ2n) is 9.27. The van der Waals surface area contributed by atoms with Gasteiger partial charge in [-0.25, -0.2) is 0 Å². The van der Waals surface area contributed by atoms with Crippen molar-refractivity contribution < 1.29 is 4.79 Å². The van der Waals surface area contributed by atoms with E-state index in [1.165, 1.54) is 5.56 Å². The summed E-state index contributed by atoms with van der Waals surface area (Å²) in [6.07, 6.45) is 4.33. The Hall–Kier alpha value is -3.78. The van der Waals surface area contributed by atoms with Crippen molar-refractivity contribution in [3.63, 3.8) is 0 Å². The Morgan fingerprint density at radius 2 is 1.63 bits per heavy atom. The van der Waals surface area contributed by atoms with E-state index < -0.39 is 0 Å². The number of hydrogen-bond donors (Lipinski definition) is 0. The zero-order valence-electron chi connectivity index (χ0n) is 20.2.